The third kappa shape index (κ3) is 3.18. The van der Waals surface area contributed by atoms with Gasteiger partial charge in [0.15, 0.2) is 27.2 Å². The highest BCUT2D eigenvalue weighted by atomic mass is 32.2. The van der Waals surface area contributed by atoms with E-state index in [1.165, 1.54) is 6.20 Å². The Labute approximate surface area is 138 Å². The lowest BCUT2D eigenvalue weighted by Crippen LogP contribution is -2.22. The Morgan fingerprint density at radius 1 is 1.21 bits per heavy atom. The van der Waals surface area contributed by atoms with Crippen LogP contribution in [-0.2, 0) is 9.84 Å². The molecule has 126 valence electrons. The Balaban J connectivity index is 1.47. The average Bonchev–Trinajstić information content (AvgIpc) is 3.13. The second-order valence-corrected chi connectivity index (χ2v) is 7.83. The van der Waals surface area contributed by atoms with Crippen LogP contribution in [0.4, 0.5) is 17.5 Å². The van der Waals surface area contributed by atoms with Crippen molar-refractivity contribution in [2.24, 2.45) is 0 Å². The second-order valence-electron chi connectivity index (χ2n) is 5.60. The number of sulfone groups is 1. The molecule has 1 fully saturated rings. The zero-order chi connectivity index (χ0) is 16.6. The van der Waals surface area contributed by atoms with Gasteiger partial charge >= 0.3 is 0 Å². The molecule has 24 heavy (non-hydrogen) atoms. The van der Waals surface area contributed by atoms with Crippen molar-refractivity contribution >= 4 is 27.3 Å². The quantitative estimate of drug-likeness (QED) is 0.832. The molecule has 1 atom stereocenters. The van der Waals surface area contributed by atoms with E-state index >= 15 is 0 Å². The first-order valence-electron chi connectivity index (χ1n) is 7.41. The number of fused-ring (bicyclic) bond motifs is 1. The second kappa shape index (κ2) is 5.78. The molecule has 2 aliphatic heterocycles. The van der Waals surface area contributed by atoms with Gasteiger partial charge in [-0.1, -0.05) is 0 Å². The van der Waals surface area contributed by atoms with Gasteiger partial charge in [-0.3, -0.25) is 0 Å². The molecule has 0 bridgehead atoms. The van der Waals surface area contributed by atoms with E-state index in [1.54, 1.807) is 6.07 Å². The minimum absolute atomic E-state index is 0.0934. The van der Waals surface area contributed by atoms with Gasteiger partial charge in [0, 0.05) is 17.8 Å². The van der Waals surface area contributed by atoms with Gasteiger partial charge in [-0.2, -0.15) is 10.1 Å². The molecule has 0 spiro atoms. The van der Waals surface area contributed by atoms with E-state index in [-0.39, 0.29) is 24.3 Å². The maximum Gasteiger partial charge on any atom is 0.244 e. The van der Waals surface area contributed by atoms with Crippen LogP contribution in [0.15, 0.2) is 24.4 Å². The van der Waals surface area contributed by atoms with Crippen LogP contribution in [0.1, 0.15) is 6.42 Å². The minimum Gasteiger partial charge on any atom is -0.454 e. The van der Waals surface area contributed by atoms with Crippen molar-refractivity contribution in [3.8, 4) is 11.5 Å². The van der Waals surface area contributed by atoms with Gasteiger partial charge in [-0.05, 0) is 18.6 Å². The SMILES string of the molecule is O=S1(=O)CCC(Nc2nncc(Nc3ccc4c(c3)OCO4)n2)C1. The lowest BCUT2D eigenvalue weighted by atomic mass is 10.3. The number of nitrogens with zero attached hydrogens (tertiary/aromatic N) is 3. The summed E-state index contributed by atoms with van der Waals surface area (Å²) in [5, 5.41) is 13.9. The van der Waals surface area contributed by atoms with E-state index in [0.29, 0.717) is 29.7 Å². The van der Waals surface area contributed by atoms with Crippen LogP contribution in [0.5, 0.6) is 11.5 Å². The van der Waals surface area contributed by atoms with Crippen molar-refractivity contribution in [1.82, 2.24) is 15.2 Å². The van der Waals surface area contributed by atoms with Crippen LogP contribution in [-0.4, -0.2) is 47.9 Å². The molecule has 10 heteroatoms. The first-order valence-corrected chi connectivity index (χ1v) is 9.23. The maximum absolute atomic E-state index is 11.5. The number of ether oxygens (including phenoxy) is 2. The lowest BCUT2D eigenvalue weighted by Gasteiger charge is -2.11. The van der Waals surface area contributed by atoms with Gasteiger partial charge in [-0.15, -0.1) is 5.10 Å². The largest absolute Gasteiger partial charge is 0.454 e. The molecular weight excluding hydrogens is 334 g/mol. The van der Waals surface area contributed by atoms with Crippen molar-refractivity contribution in [3.63, 3.8) is 0 Å². The van der Waals surface area contributed by atoms with Gasteiger partial charge < -0.3 is 20.1 Å². The number of nitrogens with one attached hydrogen (secondary N) is 2. The molecule has 1 aromatic carbocycles. The Hall–Kier alpha value is -2.62. The molecule has 1 aromatic heterocycles. The minimum atomic E-state index is -2.96. The molecule has 0 radical (unpaired) electrons. The number of rotatable bonds is 4. The molecular formula is C14H15N5O4S. The zero-order valence-corrected chi connectivity index (χ0v) is 13.4. The van der Waals surface area contributed by atoms with Crippen LogP contribution in [0.2, 0.25) is 0 Å². The zero-order valence-electron chi connectivity index (χ0n) is 12.6. The summed E-state index contributed by atoms with van der Waals surface area (Å²) < 4.78 is 33.6. The van der Waals surface area contributed by atoms with Crippen LogP contribution in [0, 0.1) is 0 Å². The van der Waals surface area contributed by atoms with Gasteiger partial charge in [-0.25, -0.2) is 8.42 Å². The summed E-state index contributed by atoms with van der Waals surface area (Å²) in [6, 6.07) is 5.27. The molecule has 4 rings (SSSR count). The van der Waals surface area contributed by atoms with Crippen LogP contribution in [0.3, 0.4) is 0 Å². The fourth-order valence-corrected chi connectivity index (χ4v) is 4.31. The highest BCUT2D eigenvalue weighted by molar-refractivity contribution is 7.91. The summed E-state index contributed by atoms with van der Waals surface area (Å²) in [5.41, 5.74) is 0.772. The van der Waals surface area contributed by atoms with E-state index in [2.05, 4.69) is 25.8 Å². The highest BCUT2D eigenvalue weighted by Crippen LogP contribution is 2.34. The highest BCUT2D eigenvalue weighted by Gasteiger charge is 2.28. The number of hydrogen-bond donors (Lipinski definition) is 2. The number of anilines is 3. The first-order chi connectivity index (χ1) is 11.6. The monoisotopic (exact) mass is 349 g/mol. The Morgan fingerprint density at radius 3 is 2.92 bits per heavy atom. The van der Waals surface area contributed by atoms with Gasteiger partial charge in [0.05, 0.1) is 17.7 Å². The smallest absolute Gasteiger partial charge is 0.244 e. The Kier molecular flexibility index (Phi) is 3.60. The van der Waals surface area contributed by atoms with Crippen molar-refractivity contribution in [3.05, 3.63) is 24.4 Å². The Morgan fingerprint density at radius 2 is 2.08 bits per heavy atom. The van der Waals surface area contributed by atoms with E-state index in [4.69, 9.17) is 9.47 Å². The fourth-order valence-electron chi connectivity index (χ4n) is 2.64. The Bertz CT molecular complexity index is 873. The van der Waals surface area contributed by atoms with Crippen LogP contribution >= 0.6 is 0 Å². The van der Waals surface area contributed by atoms with Gasteiger partial charge in [0.1, 0.15) is 0 Å². The fraction of sp³-hybridized carbons (Fsp3) is 0.357. The molecule has 2 aromatic rings. The molecule has 2 N–H and O–H groups in total. The number of benzene rings is 1. The van der Waals surface area contributed by atoms with E-state index in [9.17, 15) is 8.42 Å². The molecule has 0 amide bonds. The number of aromatic nitrogens is 3. The number of hydrogen-bond acceptors (Lipinski definition) is 9. The summed E-state index contributed by atoms with van der Waals surface area (Å²) >= 11 is 0. The van der Waals surface area contributed by atoms with E-state index in [1.807, 2.05) is 12.1 Å². The topological polar surface area (TPSA) is 115 Å². The summed E-state index contributed by atoms with van der Waals surface area (Å²) in [6.45, 7) is 0.214. The molecule has 3 heterocycles. The van der Waals surface area contributed by atoms with Crippen LogP contribution in [0.25, 0.3) is 0 Å². The van der Waals surface area contributed by atoms with Gasteiger partial charge in [0.2, 0.25) is 12.7 Å². The summed E-state index contributed by atoms with van der Waals surface area (Å²) in [6.07, 6.45) is 2.03. The van der Waals surface area contributed by atoms with E-state index in [0.717, 1.165) is 5.69 Å². The molecule has 1 saturated heterocycles. The average molecular weight is 349 g/mol. The van der Waals surface area contributed by atoms with Crippen LogP contribution < -0.4 is 20.1 Å². The third-order valence-corrected chi connectivity index (χ3v) is 5.54. The molecule has 2 aliphatic rings. The molecule has 0 saturated carbocycles. The molecule has 9 nitrogen and oxygen atoms in total. The third-order valence-electron chi connectivity index (χ3n) is 3.77. The normalized spacial score (nSPS) is 20.8. The summed E-state index contributed by atoms with van der Waals surface area (Å²) in [4.78, 5) is 4.31. The van der Waals surface area contributed by atoms with Crippen molar-refractivity contribution < 1.29 is 17.9 Å². The lowest BCUT2D eigenvalue weighted by molar-refractivity contribution is 0.174. The molecule has 0 aliphatic carbocycles. The van der Waals surface area contributed by atoms with E-state index < -0.39 is 9.84 Å². The van der Waals surface area contributed by atoms with Crippen molar-refractivity contribution in [2.45, 2.75) is 12.5 Å². The van der Waals surface area contributed by atoms with Crippen molar-refractivity contribution in [2.75, 3.05) is 28.9 Å². The van der Waals surface area contributed by atoms with Gasteiger partial charge in [0.25, 0.3) is 0 Å². The molecule has 1 unspecified atom stereocenters. The first kappa shape index (κ1) is 14.9. The van der Waals surface area contributed by atoms with Crippen molar-refractivity contribution in [1.29, 1.82) is 0 Å². The summed E-state index contributed by atoms with van der Waals surface area (Å²) in [5.74, 6) is 2.43. The maximum atomic E-state index is 11.5. The summed E-state index contributed by atoms with van der Waals surface area (Å²) in [7, 11) is -2.96. The predicted octanol–water partition coefficient (Wildman–Crippen LogP) is 0.943. The predicted molar refractivity (Wildman–Crippen MR) is 86.4 cm³/mol. The standard InChI is InChI=1S/C14H15N5O4S/c20-24(21)4-3-10(7-24)17-14-18-13(6-15-19-14)16-9-1-2-11-12(5-9)23-8-22-11/h1-2,5-6,10H,3-4,7-8H2,(H2,16,17,18,19).